The number of fused-ring (bicyclic) bond motifs is 8. The van der Waals surface area contributed by atoms with Gasteiger partial charge < -0.3 is 35.6 Å². The largest absolute Gasteiger partial charge is 0.510 e. The van der Waals surface area contributed by atoms with E-state index in [4.69, 9.17) is 4.74 Å². The minimum atomic E-state index is -1.03. The molecule has 0 radical (unpaired) electrons. The molecule has 6 atom stereocenters. The number of H-pyrrole nitrogens is 2. The van der Waals surface area contributed by atoms with E-state index in [0.29, 0.717) is 28.1 Å². The minimum absolute atomic E-state index is 0.0357. The first-order chi connectivity index (χ1) is 21.4. The van der Waals surface area contributed by atoms with Crippen LogP contribution in [0.3, 0.4) is 0 Å². The highest BCUT2D eigenvalue weighted by Crippen LogP contribution is 2.43. The molecule has 0 saturated carbocycles. The summed E-state index contributed by atoms with van der Waals surface area (Å²) < 4.78 is 5.20. The molecule has 1 aliphatic carbocycles. The molecule has 10 heteroatoms. The molecule has 45 heavy (non-hydrogen) atoms. The Bertz CT molecular complexity index is 1850. The van der Waals surface area contributed by atoms with Crippen molar-refractivity contribution in [1.82, 2.24) is 20.6 Å². The Balaban J connectivity index is 1.67. The minimum Gasteiger partial charge on any atom is -0.510 e. The molecule has 2 saturated heterocycles. The van der Waals surface area contributed by atoms with Gasteiger partial charge in [0, 0.05) is 63.4 Å². The molecule has 6 N–H and O–H groups in total. The van der Waals surface area contributed by atoms with E-state index < -0.39 is 23.9 Å². The highest BCUT2D eigenvalue weighted by Gasteiger charge is 2.47. The SMILES string of the molecule is CC[C@H]1/C2=C\c3[nH]c4c(c3C)=C(O)[C@H](C(=O)OC)C=4C3N/C(=C/c4[nH]c(c(C(C)=O)c4C)/C=C(\N2)[C@@H]1C)[C@@H](C)[C@@H]3CCC(=O)O. The molecule has 1 unspecified atom stereocenters. The van der Waals surface area contributed by atoms with E-state index in [1.54, 1.807) is 6.92 Å². The van der Waals surface area contributed by atoms with Crippen LogP contribution in [-0.4, -0.2) is 51.1 Å². The number of aliphatic carboxylic acids is 1. The lowest BCUT2D eigenvalue weighted by Gasteiger charge is -2.26. The van der Waals surface area contributed by atoms with Crippen LogP contribution < -0.4 is 21.2 Å². The Morgan fingerprint density at radius 2 is 1.60 bits per heavy atom. The van der Waals surface area contributed by atoms with Crippen LogP contribution in [0.4, 0.5) is 0 Å². The molecule has 5 heterocycles. The van der Waals surface area contributed by atoms with Gasteiger partial charge in [0.2, 0.25) is 0 Å². The van der Waals surface area contributed by atoms with Crippen LogP contribution in [0.2, 0.25) is 0 Å². The molecule has 4 aliphatic rings. The zero-order chi connectivity index (χ0) is 32.5. The van der Waals surface area contributed by atoms with Crippen molar-refractivity contribution >= 4 is 47.3 Å². The van der Waals surface area contributed by atoms with Crippen LogP contribution in [-0.2, 0) is 14.3 Å². The van der Waals surface area contributed by atoms with Crippen molar-refractivity contribution in [3.8, 4) is 0 Å². The number of allylic oxidation sites excluding steroid dienone is 3. The third kappa shape index (κ3) is 4.73. The van der Waals surface area contributed by atoms with Gasteiger partial charge in [0.1, 0.15) is 11.7 Å². The van der Waals surface area contributed by atoms with Crippen molar-refractivity contribution in [1.29, 1.82) is 0 Å². The number of aromatic amines is 2. The second kappa shape index (κ2) is 11.2. The summed E-state index contributed by atoms with van der Waals surface area (Å²) in [6.07, 6.45) is 7.33. The fourth-order valence-corrected chi connectivity index (χ4v) is 8.10. The van der Waals surface area contributed by atoms with E-state index in [2.05, 4.69) is 40.5 Å². The first-order valence-corrected chi connectivity index (χ1v) is 15.7. The fourth-order valence-electron chi connectivity index (χ4n) is 8.10. The number of carbonyl (C=O) groups is 3. The van der Waals surface area contributed by atoms with Gasteiger partial charge in [-0.1, -0.05) is 20.8 Å². The van der Waals surface area contributed by atoms with Crippen LogP contribution in [0.15, 0.2) is 17.1 Å². The predicted molar refractivity (Wildman–Crippen MR) is 172 cm³/mol. The maximum atomic E-state index is 13.3. The van der Waals surface area contributed by atoms with Gasteiger partial charge in [-0.15, -0.1) is 0 Å². The van der Waals surface area contributed by atoms with Gasteiger partial charge in [0.25, 0.3) is 0 Å². The Morgan fingerprint density at radius 1 is 0.933 bits per heavy atom. The van der Waals surface area contributed by atoms with Gasteiger partial charge in [0.05, 0.1) is 24.2 Å². The first kappa shape index (κ1) is 30.6. The van der Waals surface area contributed by atoms with E-state index >= 15 is 0 Å². The topological polar surface area (TPSA) is 157 Å². The Hall–Kier alpha value is -4.47. The predicted octanol–water partition coefficient (Wildman–Crippen LogP) is 3.87. The Kier molecular flexibility index (Phi) is 7.57. The van der Waals surface area contributed by atoms with Crippen molar-refractivity contribution in [3.05, 3.63) is 61.4 Å². The average molecular weight is 615 g/mol. The number of aliphatic hydroxyl groups excluding tert-OH is 1. The van der Waals surface area contributed by atoms with Crippen LogP contribution in [0.5, 0.6) is 0 Å². The van der Waals surface area contributed by atoms with Crippen LogP contribution >= 0.6 is 0 Å². The number of rotatable bonds is 6. The maximum absolute atomic E-state index is 13.3. The summed E-state index contributed by atoms with van der Waals surface area (Å²) in [5.41, 5.74) is 8.17. The maximum Gasteiger partial charge on any atom is 0.320 e. The lowest BCUT2D eigenvalue weighted by atomic mass is 9.80. The number of aliphatic hydroxyl groups is 1. The summed E-state index contributed by atoms with van der Waals surface area (Å²) in [4.78, 5) is 45.1. The summed E-state index contributed by atoms with van der Waals surface area (Å²) in [6, 6.07) is -0.467. The third-order valence-corrected chi connectivity index (χ3v) is 10.6. The smallest absolute Gasteiger partial charge is 0.320 e. The summed E-state index contributed by atoms with van der Waals surface area (Å²) >= 11 is 0. The Labute approximate surface area is 262 Å². The summed E-state index contributed by atoms with van der Waals surface area (Å²) in [6.45, 7) is 11.8. The van der Waals surface area contributed by atoms with Gasteiger partial charge in [-0.05, 0) is 74.5 Å². The van der Waals surface area contributed by atoms with Gasteiger partial charge in [-0.3, -0.25) is 14.4 Å². The Morgan fingerprint density at radius 3 is 2.24 bits per heavy atom. The monoisotopic (exact) mass is 614 g/mol. The highest BCUT2D eigenvalue weighted by molar-refractivity contribution is 6.00. The fraction of sp³-hybridized carbons (Fsp3) is 0.457. The molecular weight excluding hydrogens is 572 g/mol. The molecule has 2 aromatic heterocycles. The van der Waals surface area contributed by atoms with Crippen LogP contribution in [0.25, 0.3) is 29.6 Å². The van der Waals surface area contributed by atoms with Crippen molar-refractivity contribution in [2.75, 3.05) is 7.11 Å². The lowest BCUT2D eigenvalue weighted by Crippen LogP contribution is -2.38. The highest BCUT2D eigenvalue weighted by atomic mass is 16.5. The number of methoxy groups -OCH3 is 1. The van der Waals surface area contributed by atoms with Crippen molar-refractivity contribution in [2.24, 2.45) is 29.6 Å². The van der Waals surface area contributed by atoms with Gasteiger partial charge >= 0.3 is 11.9 Å². The van der Waals surface area contributed by atoms with E-state index in [1.165, 1.54) is 7.11 Å². The number of ketones is 1. The van der Waals surface area contributed by atoms with E-state index in [9.17, 15) is 24.6 Å². The summed E-state index contributed by atoms with van der Waals surface area (Å²) in [7, 11) is 1.31. The molecule has 0 amide bonds. The lowest BCUT2D eigenvalue weighted by molar-refractivity contribution is -0.142. The number of hydrogen-bond acceptors (Lipinski definition) is 7. The van der Waals surface area contributed by atoms with Gasteiger partial charge in [0.15, 0.2) is 5.78 Å². The number of carbonyl (C=O) groups excluding carboxylic acids is 2. The van der Waals surface area contributed by atoms with E-state index in [0.717, 1.165) is 51.7 Å². The first-order valence-electron chi connectivity index (χ1n) is 15.7. The second-order valence-electron chi connectivity index (χ2n) is 13.0. The van der Waals surface area contributed by atoms with Crippen LogP contribution in [0.1, 0.15) is 85.5 Å². The number of esters is 1. The number of ether oxygens (including phenoxy) is 1. The number of nitrogens with one attached hydrogen (secondary N) is 4. The molecule has 6 rings (SSSR count). The zero-order valence-electron chi connectivity index (χ0n) is 26.8. The molecule has 2 aromatic rings. The summed E-state index contributed by atoms with van der Waals surface area (Å²) in [5, 5.41) is 29.8. The number of hydrogen-bond donors (Lipinski definition) is 6. The molecule has 3 aliphatic heterocycles. The van der Waals surface area contributed by atoms with Crippen molar-refractivity contribution in [3.63, 3.8) is 0 Å². The van der Waals surface area contributed by atoms with E-state index in [1.807, 2.05) is 32.9 Å². The van der Waals surface area contributed by atoms with Gasteiger partial charge in [-0.25, -0.2) is 0 Å². The van der Waals surface area contributed by atoms with Crippen molar-refractivity contribution < 1.29 is 29.3 Å². The number of aromatic nitrogens is 2. The molecule has 0 aromatic carbocycles. The number of carboxylic acid groups (broad SMARTS) is 1. The third-order valence-electron chi connectivity index (χ3n) is 10.6. The standard InChI is InChI=1S/C35H42N4O6/c1-8-19-14(2)21-13-26-28(18(6)40)16(4)23(37-26)11-22-15(3)20(9-10-27(41)42)32(38-22)30-31(35(44)45-7)34(43)29-17(5)24(39-33(29)30)12-25(19)36-21/h11-15,19-20,31-32,36-39,43H,8-10H2,1-7H3,(H,41,42)/b21-13-,22-11+,25-12+/t14-,15+,19-,20+,31-,32?/m1/s1. The normalized spacial score (nSPS) is 30.1. The second-order valence-corrected chi connectivity index (χ2v) is 13.0. The number of Topliss-reactive ketones (excluding diaryl/α,β-unsaturated/α-hetero) is 1. The molecule has 2 fully saturated rings. The molecule has 8 bridgehead atoms. The van der Waals surface area contributed by atoms with E-state index in [-0.39, 0.29) is 41.6 Å². The summed E-state index contributed by atoms with van der Waals surface area (Å²) in [5.74, 6) is -2.56. The van der Waals surface area contributed by atoms with Crippen molar-refractivity contribution in [2.45, 2.75) is 66.8 Å². The number of carboxylic acids is 1. The molecular formula is C35H42N4O6. The van der Waals surface area contributed by atoms with Gasteiger partial charge in [-0.2, -0.15) is 0 Å². The zero-order valence-corrected chi connectivity index (χ0v) is 26.8. The average Bonchev–Trinajstić information content (AvgIpc) is 3.72. The molecule has 10 nitrogen and oxygen atoms in total. The molecule has 238 valence electrons. The van der Waals surface area contributed by atoms with Crippen LogP contribution in [0, 0.1) is 43.4 Å². The quantitative estimate of drug-likeness (QED) is 0.212. The molecule has 0 spiro atoms.